The van der Waals surface area contributed by atoms with E-state index in [4.69, 9.17) is 11.6 Å². The molecule has 0 spiro atoms. The number of hydrogen-bond donors (Lipinski definition) is 0. The van der Waals surface area contributed by atoms with Gasteiger partial charge in [-0.3, -0.25) is 4.90 Å². The molecular formula is C15H24ClN. The first kappa shape index (κ1) is 14.5. The second kappa shape index (κ2) is 8.54. The fourth-order valence-corrected chi connectivity index (χ4v) is 2.35. The lowest BCUT2D eigenvalue weighted by Crippen LogP contribution is -2.30. The van der Waals surface area contributed by atoms with Crippen LogP contribution in [-0.2, 0) is 6.54 Å². The first-order valence-corrected chi connectivity index (χ1v) is 7.15. The predicted octanol–water partition coefficient (Wildman–Crippen LogP) is 4.16. The van der Waals surface area contributed by atoms with Crippen molar-refractivity contribution >= 4 is 11.6 Å². The third-order valence-corrected chi connectivity index (χ3v) is 3.49. The molecule has 0 heterocycles. The standard InChI is InChI=1S/C15H24ClN/c1-3-14(4-2)12-17(11-10-16)13-15-8-6-5-7-9-15/h5-9,14H,3-4,10-13H2,1-2H3. The second-order valence-corrected chi connectivity index (χ2v) is 4.97. The normalized spacial score (nSPS) is 11.4. The lowest BCUT2D eigenvalue weighted by atomic mass is 10.0. The fourth-order valence-electron chi connectivity index (χ4n) is 2.11. The van der Waals surface area contributed by atoms with Crippen molar-refractivity contribution in [1.82, 2.24) is 4.90 Å². The lowest BCUT2D eigenvalue weighted by molar-refractivity contribution is 0.227. The third-order valence-electron chi connectivity index (χ3n) is 3.32. The molecule has 0 aliphatic heterocycles. The zero-order valence-corrected chi connectivity index (χ0v) is 11.8. The van der Waals surface area contributed by atoms with E-state index in [0.29, 0.717) is 5.88 Å². The SMILES string of the molecule is CCC(CC)CN(CCCl)Cc1ccccc1. The summed E-state index contributed by atoms with van der Waals surface area (Å²) in [5, 5.41) is 0. The van der Waals surface area contributed by atoms with Crippen LogP contribution in [0.25, 0.3) is 0 Å². The Morgan fingerprint density at radius 1 is 1.12 bits per heavy atom. The predicted molar refractivity (Wildman–Crippen MR) is 76.5 cm³/mol. The summed E-state index contributed by atoms with van der Waals surface area (Å²) >= 11 is 5.89. The van der Waals surface area contributed by atoms with Crippen molar-refractivity contribution in [2.24, 2.45) is 5.92 Å². The molecule has 0 aliphatic carbocycles. The van der Waals surface area contributed by atoms with E-state index in [1.54, 1.807) is 0 Å². The summed E-state index contributed by atoms with van der Waals surface area (Å²) in [6.07, 6.45) is 2.51. The van der Waals surface area contributed by atoms with Crippen LogP contribution in [0.2, 0.25) is 0 Å². The maximum Gasteiger partial charge on any atom is 0.0351 e. The number of nitrogens with zero attached hydrogens (tertiary/aromatic N) is 1. The van der Waals surface area contributed by atoms with Crippen molar-refractivity contribution in [2.45, 2.75) is 33.2 Å². The molecule has 2 heteroatoms. The van der Waals surface area contributed by atoms with Gasteiger partial charge in [0.05, 0.1) is 0 Å². The molecule has 0 saturated carbocycles. The minimum absolute atomic E-state index is 0.715. The molecule has 0 N–H and O–H groups in total. The van der Waals surface area contributed by atoms with E-state index in [2.05, 4.69) is 49.1 Å². The number of halogens is 1. The lowest BCUT2D eigenvalue weighted by Gasteiger charge is -2.25. The molecule has 0 fully saturated rings. The number of rotatable bonds is 8. The molecule has 1 rings (SSSR count). The van der Waals surface area contributed by atoms with E-state index in [-0.39, 0.29) is 0 Å². The Balaban J connectivity index is 2.53. The molecule has 0 aromatic heterocycles. The molecule has 0 radical (unpaired) electrons. The van der Waals surface area contributed by atoms with Gasteiger partial charge in [0.1, 0.15) is 0 Å². The van der Waals surface area contributed by atoms with Gasteiger partial charge in [0.15, 0.2) is 0 Å². The van der Waals surface area contributed by atoms with E-state index in [9.17, 15) is 0 Å². The van der Waals surface area contributed by atoms with E-state index in [1.807, 2.05) is 0 Å². The summed E-state index contributed by atoms with van der Waals surface area (Å²) in [7, 11) is 0. The van der Waals surface area contributed by atoms with Gasteiger partial charge in [0, 0.05) is 25.5 Å². The number of hydrogen-bond acceptors (Lipinski definition) is 1. The molecule has 0 unspecified atom stereocenters. The van der Waals surface area contributed by atoms with Gasteiger partial charge in [-0.25, -0.2) is 0 Å². The Kier molecular flexibility index (Phi) is 7.30. The quantitative estimate of drug-likeness (QED) is 0.629. The monoisotopic (exact) mass is 253 g/mol. The van der Waals surface area contributed by atoms with E-state index < -0.39 is 0 Å². The van der Waals surface area contributed by atoms with Crippen molar-refractivity contribution < 1.29 is 0 Å². The van der Waals surface area contributed by atoms with Gasteiger partial charge in [-0.15, -0.1) is 11.6 Å². The molecule has 0 amide bonds. The minimum Gasteiger partial charge on any atom is -0.298 e. The first-order chi connectivity index (χ1) is 8.30. The van der Waals surface area contributed by atoms with Crippen LogP contribution in [0.5, 0.6) is 0 Å². The summed E-state index contributed by atoms with van der Waals surface area (Å²) < 4.78 is 0. The van der Waals surface area contributed by atoms with Gasteiger partial charge in [-0.1, -0.05) is 57.0 Å². The van der Waals surface area contributed by atoms with Crippen molar-refractivity contribution in [3.63, 3.8) is 0 Å². The average molecular weight is 254 g/mol. The van der Waals surface area contributed by atoms with Crippen LogP contribution in [0, 0.1) is 5.92 Å². The first-order valence-electron chi connectivity index (χ1n) is 6.62. The third kappa shape index (κ3) is 5.56. The Bertz CT molecular complexity index is 282. The Morgan fingerprint density at radius 2 is 1.76 bits per heavy atom. The van der Waals surface area contributed by atoms with Gasteiger partial charge in [0.25, 0.3) is 0 Å². The highest BCUT2D eigenvalue weighted by Gasteiger charge is 2.11. The van der Waals surface area contributed by atoms with Crippen LogP contribution in [-0.4, -0.2) is 23.9 Å². The van der Waals surface area contributed by atoms with Crippen molar-refractivity contribution in [3.05, 3.63) is 35.9 Å². The summed E-state index contributed by atoms with van der Waals surface area (Å²) in [6, 6.07) is 10.6. The highest BCUT2D eigenvalue weighted by Crippen LogP contribution is 2.12. The fraction of sp³-hybridized carbons (Fsp3) is 0.600. The maximum atomic E-state index is 5.89. The summed E-state index contributed by atoms with van der Waals surface area (Å²) in [6.45, 7) is 7.71. The average Bonchev–Trinajstić information content (AvgIpc) is 2.37. The van der Waals surface area contributed by atoms with Gasteiger partial charge >= 0.3 is 0 Å². The summed E-state index contributed by atoms with van der Waals surface area (Å²) in [5.74, 6) is 1.51. The molecule has 96 valence electrons. The minimum atomic E-state index is 0.715. The van der Waals surface area contributed by atoms with E-state index in [1.165, 1.54) is 18.4 Å². The summed E-state index contributed by atoms with van der Waals surface area (Å²) in [5.41, 5.74) is 1.38. The molecule has 1 aromatic rings. The molecule has 17 heavy (non-hydrogen) atoms. The molecular weight excluding hydrogens is 230 g/mol. The molecule has 0 atom stereocenters. The van der Waals surface area contributed by atoms with Crippen molar-refractivity contribution in [2.75, 3.05) is 19.0 Å². The Hall–Kier alpha value is -0.530. The van der Waals surface area contributed by atoms with Crippen LogP contribution in [0.15, 0.2) is 30.3 Å². The highest BCUT2D eigenvalue weighted by molar-refractivity contribution is 6.18. The van der Waals surface area contributed by atoms with Crippen LogP contribution in [0.4, 0.5) is 0 Å². The Labute approximate surface area is 111 Å². The smallest absolute Gasteiger partial charge is 0.0351 e. The van der Waals surface area contributed by atoms with Gasteiger partial charge in [-0.2, -0.15) is 0 Å². The van der Waals surface area contributed by atoms with Crippen LogP contribution in [0.1, 0.15) is 32.3 Å². The summed E-state index contributed by atoms with van der Waals surface area (Å²) in [4.78, 5) is 2.47. The zero-order valence-electron chi connectivity index (χ0n) is 11.0. The second-order valence-electron chi connectivity index (χ2n) is 4.59. The van der Waals surface area contributed by atoms with Crippen LogP contribution >= 0.6 is 11.6 Å². The Morgan fingerprint density at radius 3 is 2.29 bits per heavy atom. The highest BCUT2D eigenvalue weighted by atomic mass is 35.5. The van der Waals surface area contributed by atoms with Crippen LogP contribution in [0.3, 0.4) is 0 Å². The molecule has 1 nitrogen and oxygen atoms in total. The van der Waals surface area contributed by atoms with Crippen LogP contribution < -0.4 is 0 Å². The van der Waals surface area contributed by atoms with E-state index in [0.717, 1.165) is 25.6 Å². The van der Waals surface area contributed by atoms with Gasteiger partial charge < -0.3 is 0 Å². The zero-order chi connectivity index (χ0) is 12.5. The van der Waals surface area contributed by atoms with Crippen molar-refractivity contribution in [3.8, 4) is 0 Å². The maximum absolute atomic E-state index is 5.89. The van der Waals surface area contributed by atoms with Gasteiger partial charge in [-0.05, 0) is 11.5 Å². The van der Waals surface area contributed by atoms with E-state index >= 15 is 0 Å². The largest absolute Gasteiger partial charge is 0.298 e. The molecule has 0 saturated heterocycles. The van der Waals surface area contributed by atoms with Gasteiger partial charge in [0.2, 0.25) is 0 Å². The molecule has 0 bridgehead atoms. The number of alkyl halides is 1. The molecule has 0 aliphatic rings. The topological polar surface area (TPSA) is 3.24 Å². The molecule has 1 aromatic carbocycles. The van der Waals surface area contributed by atoms with Crippen molar-refractivity contribution in [1.29, 1.82) is 0 Å². The number of benzene rings is 1.